The maximum atomic E-state index is 12.4. The topological polar surface area (TPSA) is 170 Å². The summed E-state index contributed by atoms with van der Waals surface area (Å²) in [6.45, 7) is 2.84. The van der Waals surface area contributed by atoms with Crippen molar-refractivity contribution in [1.82, 2.24) is 29.7 Å². The standard InChI is InChI=1S/C22H25N8O5PS/c1-14-11-19(27-26-14)24-21-18-3-2-9-30(18)28-22(25-21)37-17-6-4-15(5-7-17)23-20(31)13-29-10-8-16(12-29)35-36(32,33)34/h2-7,9,11,16H,8,10,12-13H2,1H3,(H,23,31)(H2,32,33,34)(H2,24,25,26,27,28). The van der Waals surface area contributed by atoms with Crippen LogP contribution in [0, 0.1) is 6.92 Å². The quantitative estimate of drug-likeness (QED) is 0.196. The lowest BCUT2D eigenvalue weighted by Crippen LogP contribution is -2.32. The Labute approximate surface area is 215 Å². The molecule has 0 aliphatic carbocycles. The zero-order valence-electron chi connectivity index (χ0n) is 19.7. The first-order chi connectivity index (χ1) is 17.7. The molecule has 0 saturated carbocycles. The van der Waals surface area contributed by atoms with Crippen molar-refractivity contribution in [2.24, 2.45) is 0 Å². The van der Waals surface area contributed by atoms with Gasteiger partial charge in [0.2, 0.25) is 11.1 Å². The van der Waals surface area contributed by atoms with Gasteiger partial charge < -0.3 is 20.4 Å². The van der Waals surface area contributed by atoms with Gasteiger partial charge in [-0.2, -0.15) is 5.10 Å². The van der Waals surface area contributed by atoms with Gasteiger partial charge in [-0.15, -0.1) is 5.10 Å². The molecular weight excluding hydrogens is 519 g/mol. The average molecular weight is 545 g/mol. The second kappa shape index (κ2) is 10.6. The number of rotatable bonds is 9. The molecule has 5 N–H and O–H groups in total. The van der Waals surface area contributed by atoms with Crippen LogP contribution in [-0.4, -0.2) is 71.1 Å². The molecule has 0 spiro atoms. The maximum absolute atomic E-state index is 12.4. The molecule has 15 heteroatoms. The van der Waals surface area contributed by atoms with Gasteiger partial charge in [-0.25, -0.2) is 14.1 Å². The summed E-state index contributed by atoms with van der Waals surface area (Å²) in [7, 11) is -4.53. The predicted molar refractivity (Wildman–Crippen MR) is 137 cm³/mol. The number of carbonyl (C=O) groups excluding carboxylic acids is 1. The molecule has 5 rings (SSSR count). The van der Waals surface area contributed by atoms with Gasteiger partial charge in [0, 0.05) is 41.6 Å². The second-order valence-corrected chi connectivity index (χ2v) is 10.8. The van der Waals surface area contributed by atoms with Crippen LogP contribution >= 0.6 is 19.6 Å². The molecule has 13 nitrogen and oxygen atoms in total. The first-order valence-electron chi connectivity index (χ1n) is 11.4. The molecule has 4 heterocycles. The number of nitrogens with one attached hydrogen (secondary N) is 3. The number of hydrogen-bond acceptors (Lipinski definition) is 9. The Morgan fingerprint density at radius 1 is 1.30 bits per heavy atom. The van der Waals surface area contributed by atoms with Gasteiger partial charge in [-0.05, 0) is 61.5 Å². The summed E-state index contributed by atoms with van der Waals surface area (Å²) in [5.41, 5.74) is 2.39. The lowest BCUT2D eigenvalue weighted by Gasteiger charge is -2.16. The molecule has 1 aromatic carbocycles. The summed E-state index contributed by atoms with van der Waals surface area (Å²) in [5, 5.41) is 18.3. The Hall–Kier alpha value is -3.26. The Bertz CT molecular complexity index is 1450. The van der Waals surface area contributed by atoms with E-state index >= 15 is 0 Å². The zero-order valence-corrected chi connectivity index (χ0v) is 21.4. The number of nitrogens with zero attached hydrogens (tertiary/aromatic N) is 5. The highest BCUT2D eigenvalue weighted by Gasteiger charge is 2.30. The first-order valence-corrected chi connectivity index (χ1v) is 13.7. The SMILES string of the molecule is Cc1cc(Nc2nc(Sc3ccc(NC(=O)CN4CCC(OP(=O)(O)O)C4)cc3)nn3cccc23)n[nH]1. The number of amides is 1. The Balaban J connectivity index is 1.19. The summed E-state index contributed by atoms with van der Waals surface area (Å²) in [4.78, 5) is 37.7. The van der Waals surface area contributed by atoms with E-state index in [0.29, 0.717) is 35.4 Å². The number of hydrogen-bond donors (Lipinski definition) is 5. The van der Waals surface area contributed by atoms with E-state index in [-0.39, 0.29) is 19.0 Å². The van der Waals surface area contributed by atoms with E-state index in [1.807, 2.05) is 43.5 Å². The van der Waals surface area contributed by atoms with Gasteiger partial charge in [-0.3, -0.25) is 19.3 Å². The van der Waals surface area contributed by atoms with E-state index in [1.54, 1.807) is 21.5 Å². The number of aromatic nitrogens is 5. The highest BCUT2D eigenvalue weighted by Crippen LogP contribution is 2.39. The fourth-order valence-corrected chi connectivity index (χ4v) is 5.30. The number of fused-ring (bicyclic) bond motifs is 1. The van der Waals surface area contributed by atoms with Crippen LogP contribution < -0.4 is 10.6 Å². The van der Waals surface area contributed by atoms with E-state index in [2.05, 4.69) is 30.9 Å². The molecule has 4 aromatic rings. The smallest absolute Gasteiger partial charge is 0.325 e. The van der Waals surface area contributed by atoms with Crippen molar-refractivity contribution in [1.29, 1.82) is 0 Å². The Morgan fingerprint density at radius 2 is 2.11 bits per heavy atom. The van der Waals surface area contributed by atoms with Gasteiger partial charge in [0.1, 0.15) is 5.52 Å². The molecule has 3 aromatic heterocycles. The molecule has 1 atom stereocenters. The number of likely N-dealkylation sites (tertiary alicyclic amines) is 1. The minimum absolute atomic E-state index is 0.105. The number of aryl methyl sites for hydroxylation is 1. The van der Waals surface area contributed by atoms with Crippen LogP contribution in [0.3, 0.4) is 0 Å². The van der Waals surface area contributed by atoms with E-state index in [4.69, 9.17) is 14.3 Å². The third-order valence-corrected chi connectivity index (χ3v) is 6.99. The van der Waals surface area contributed by atoms with Gasteiger partial charge in [0.25, 0.3) is 0 Å². The van der Waals surface area contributed by atoms with E-state index in [0.717, 1.165) is 16.1 Å². The lowest BCUT2D eigenvalue weighted by atomic mass is 10.3. The number of aromatic amines is 1. The number of H-pyrrole nitrogens is 1. The van der Waals surface area contributed by atoms with Crippen LogP contribution in [0.5, 0.6) is 0 Å². The van der Waals surface area contributed by atoms with Crippen molar-refractivity contribution in [2.45, 2.75) is 29.5 Å². The number of anilines is 3. The van der Waals surface area contributed by atoms with Crippen LogP contribution in [0.1, 0.15) is 12.1 Å². The number of phosphoric ester groups is 1. The summed E-state index contributed by atoms with van der Waals surface area (Å²) in [6, 6.07) is 13.0. The van der Waals surface area contributed by atoms with Crippen LogP contribution in [0.25, 0.3) is 5.52 Å². The molecule has 0 radical (unpaired) electrons. The Kier molecular flexibility index (Phi) is 7.29. The van der Waals surface area contributed by atoms with Crippen molar-refractivity contribution in [3.63, 3.8) is 0 Å². The normalized spacial score (nSPS) is 16.4. The third kappa shape index (κ3) is 6.74. The summed E-state index contributed by atoms with van der Waals surface area (Å²) in [5.74, 6) is 1.07. The molecule has 37 heavy (non-hydrogen) atoms. The van der Waals surface area contributed by atoms with Crippen molar-refractivity contribution in [3.8, 4) is 0 Å². The van der Waals surface area contributed by atoms with Crippen molar-refractivity contribution >= 4 is 48.3 Å². The summed E-state index contributed by atoms with van der Waals surface area (Å²) in [6.07, 6.45) is 1.72. The summed E-state index contributed by atoms with van der Waals surface area (Å²) < 4.78 is 17.5. The monoisotopic (exact) mass is 544 g/mol. The molecule has 1 unspecified atom stereocenters. The summed E-state index contributed by atoms with van der Waals surface area (Å²) >= 11 is 1.38. The molecule has 1 aliphatic heterocycles. The van der Waals surface area contributed by atoms with Crippen LogP contribution in [0.15, 0.2) is 58.7 Å². The molecular formula is C22H25N8O5PS. The molecule has 1 amide bonds. The van der Waals surface area contributed by atoms with Crippen molar-refractivity contribution in [2.75, 3.05) is 30.3 Å². The third-order valence-electron chi connectivity index (χ3n) is 5.55. The zero-order chi connectivity index (χ0) is 26.0. The van der Waals surface area contributed by atoms with Crippen molar-refractivity contribution < 1.29 is 23.7 Å². The van der Waals surface area contributed by atoms with Gasteiger partial charge in [-0.1, -0.05) is 0 Å². The van der Waals surface area contributed by atoms with Crippen LogP contribution in [0.2, 0.25) is 0 Å². The molecule has 0 bridgehead atoms. The number of carbonyl (C=O) groups is 1. The maximum Gasteiger partial charge on any atom is 0.469 e. The first kappa shape index (κ1) is 25.4. The fraction of sp³-hybridized carbons (Fsp3) is 0.273. The van der Waals surface area contributed by atoms with Crippen LogP contribution in [0.4, 0.5) is 17.3 Å². The molecule has 1 aliphatic rings. The van der Waals surface area contributed by atoms with E-state index < -0.39 is 13.9 Å². The fourth-order valence-electron chi connectivity index (χ4n) is 3.99. The van der Waals surface area contributed by atoms with Gasteiger partial charge in [0.15, 0.2) is 11.6 Å². The molecule has 1 fully saturated rings. The van der Waals surface area contributed by atoms with E-state index in [9.17, 15) is 9.36 Å². The lowest BCUT2D eigenvalue weighted by molar-refractivity contribution is -0.117. The minimum Gasteiger partial charge on any atom is -0.325 e. The number of phosphoric acid groups is 1. The molecule has 194 valence electrons. The highest BCUT2D eigenvalue weighted by atomic mass is 32.2. The second-order valence-electron chi connectivity index (χ2n) is 8.56. The highest BCUT2D eigenvalue weighted by molar-refractivity contribution is 7.99. The molecule has 1 saturated heterocycles. The van der Waals surface area contributed by atoms with Gasteiger partial charge >= 0.3 is 7.82 Å². The predicted octanol–water partition coefficient (Wildman–Crippen LogP) is 2.78. The average Bonchev–Trinajstić information content (AvgIpc) is 3.56. The van der Waals surface area contributed by atoms with E-state index in [1.165, 1.54) is 11.8 Å². The van der Waals surface area contributed by atoms with Gasteiger partial charge in [0.05, 0.1) is 12.6 Å². The minimum atomic E-state index is -4.53. The number of benzene rings is 1. The largest absolute Gasteiger partial charge is 0.469 e. The Morgan fingerprint density at radius 3 is 2.84 bits per heavy atom. The van der Waals surface area contributed by atoms with Crippen LogP contribution in [-0.2, 0) is 13.9 Å². The van der Waals surface area contributed by atoms with Crippen molar-refractivity contribution in [3.05, 3.63) is 54.4 Å².